The third-order valence-electron chi connectivity index (χ3n) is 0. The van der Waals surface area contributed by atoms with Crippen molar-refractivity contribution in [3.05, 3.63) is 0 Å². The fourth-order valence-corrected chi connectivity index (χ4v) is 0. The van der Waals surface area contributed by atoms with Crippen molar-refractivity contribution in [2.24, 2.45) is 0 Å². The van der Waals surface area contributed by atoms with Crippen LogP contribution in [0.5, 0.6) is 0 Å². The fourth-order valence-electron chi connectivity index (χ4n) is 0. The minimum Gasteiger partial charge on any atom is -1.00 e. The maximum atomic E-state index is 7.23. The molecule has 0 aromatic rings. The van der Waals surface area contributed by atoms with Gasteiger partial charge in [-0.3, -0.25) is 0 Å². The summed E-state index contributed by atoms with van der Waals surface area (Å²) in [5.74, 6) is 0. The summed E-state index contributed by atoms with van der Waals surface area (Å²) < 4.78 is 0. The zero-order valence-corrected chi connectivity index (χ0v) is 5.60. The van der Waals surface area contributed by atoms with Crippen LogP contribution in [0.25, 0.3) is 0 Å². The second-order valence-electron chi connectivity index (χ2n) is 0.268. The fraction of sp³-hybridized carbons (Fsp3) is 0. The summed E-state index contributed by atoms with van der Waals surface area (Å²) in [5.41, 5.74) is 0. The van der Waals surface area contributed by atoms with E-state index in [1.54, 1.807) is 0 Å². The Morgan fingerprint density at radius 3 is 1.17 bits per heavy atom. The van der Waals surface area contributed by atoms with Gasteiger partial charge < -0.3 is 17.5 Å². The summed E-state index contributed by atoms with van der Waals surface area (Å²) in [6.07, 6.45) is 0. The molecule has 0 atom stereocenters. The molecule has 0 aromatic carbocycles. The van der Waals surface area contributed by atoms with Crippen LogP contribution in [0.4, 0.5) is 0 Å². The molecule has 0 fully saturated rings. The second-order valence-corrected chi connectivity index (χ2v) is 0.805. The van der Waals surface area contributed by atoms with E-state index in [0.717, 1.165) is 0 Å². The first-order valence-corrected chi connectivity index (χ1v) is 1.80. The van der Waals surface area contributed by atoms with Crippen LogP contribution >= 0.6 is 8.60 Å². The van der Waals surface area contributed by atoms with Crippen LogP contribution in [0.2, 0.25) is 0 Å². The van der Waals surface area contributed by atoms with E-state index in [1.165, 1.54) is 0 Å². The van der Waals surface area contributed by atoms with Gasteiger partial charge in [0.15, 0.2) is 17.4 Å². The minimum absolute atomic E-state index is 0. The Hall–Kier alpha value is 2.10. The van der Waals surface area contributed by atoms with Crippen molar-refractivity contribution in [3.8, 4) is 0 Å². The van der Waals surface area contributed by atoms with E-state index in [0.29, 0.717) is 0 Å². The van der Waals surface area contributed by atoms with Crippen molar-refractivity contribution in [2.45, 2.75) is 0 Å². The molecule has 0 saturated heterocycles. The summed E-state index contributed by atoms with van der Waals surface area (Å²) in [4.78, 5) is 21.7. The predicted molar refractivity (Wildman–Crippen MR) is 31.5 cm³/mol. The normalized spacial score (nSPS) is 6.00. The molecule has 0 bridgehead atoms. The van der Waals surface area contributed by atoms with Crippen molar-refractivity contribution in [2.75, 3.05) is 0 Å². The molecule has 0 aliphatic rings. The molecule has 0 aliphatic carbocycles. The summed E-state index contributed by atoms with van der Waals surface area (Å²) >= 11 is 0. The van der Waals surface area contributed by atoms with Crippen molar-refractivity contribution < 1.29 is 17.5 Å². The molecule has 0 amide bonds. The molecular formula is H8AlCaO3P. The Balaban J connectivity index is -0.00000000750. The van der Waals surface area contributed by atoms with Gasteiger partial charge in [0.05, 0.1) is 0 Å². The predicted octanol–water partition coefficient (Wildman–Crippen LogP) is -2.15. The van der Waals surface area contributed by atoms with Crippen LogP contribution in [-0.4, -0.2) is 69.8 Å². The van der Waals surface area contributed by atoms with Crippen LogP contribution in [0, 0.1) is 0 Å². The van der Waals surface area contributed by atoms with Gasteiger partial charge in [0, 0.05) is 0 Å². The summed E-state index contributed by atoms with van der Waals surface area (Å²) in [7, 11) is -2.62. The van der Waals surface area contributed by atoms with Crippen LogP contribution in [0.1, 0.15) is 2.85 Å². The van der Waals surface area contributed by atoms with E-state index >= 15 is 0 Å². The van der Waals surface area contributed by atoms with Gasteiger partial charge in [-0.15, -0.1) is 0 Å². The van der Waals surface area contributed by atoms with Gasteiger partial charge in [0.1, 0.15) is 0 Å². The molecule has 0 aromatic heterocycles. The van der Waals surface area contributed by atoms with E-state index in [-0.39, 0.29) is 58.0 Å². The first-order chi connectivity index (χ1) is 1.73. The Morgan fingerprint density at radius 1 is 1.17 bits per heavy atom. The van der Waals surface area contributed by atoms with E-state index in [9.17, 15) is 0 Å². The molecule has 3 nitrogen and oxygen atoms in total. The van der Waals surface area contributed by atoms with Gasteiger partial charge in [-0.25, -0.2) is 0 Å². The van der Waals surface area contributed by atoms with Gasteiger partial charge in [-0.05, 0) is 0 Å². The summed E-state index contributed by atoms with van der Waals surface area (Å²) in [5, 5.41) is 0. The third-order valence-corrected chi connectivity index (χ3v) is 0. The Labute approximate surface area is 80.5 Å². The average Bonchev–Trinajstić information content (AvgIpc) is 0.811. The maximum absolute atomic E-state index is 7.23. The Morgan fingerprint density at radius 2 is 1.17 bits per heavy atom. The van der Waals surface area contributed by atoms with Crippen LogP contribution in [0.3, 0.4) is 0 Å². The first-order valence-electron chi connectivity index (χ1n) is 0.600. The molecule has 3 N–H and O–H groups in total. The van der Waals surface area contributed by atoms with Crippen molar-refractivity contribution in [1.82, 2.24) is 0 Å². The first kappa shape index (κ1) is 15.7. The molecule has 0 spiro atoms. The largest absolute Gasteiger partial charge is 2.00 e. The monoisotopic (exact) mass is 154 g/mol. The zero-order chi connectivity index (χ0) is 3.58. The van der Waals surface area contributed by atoms with Gasteiger partial charge >= 0.3 is 46.3 Å². The molecule has 0 aliphatic heterocycles. The molecule has 6 heteroatoms. The number of hydrogen-bond donors (Lipinski definition) is 3. The quantitative estimate of drug-likeness (QED) is 0.275. The molecule has 0 unspecified atom stereocenters. The third kappa shape index (κ3) is 35.9. The molecule has 0 rings (SSSR count). The molecule has 0 radical (unpaired) electrons. The van der Waals surface area contributed by atoms with E-state index in [1.807, 2.05) is 0 Å². The van der Waals surface area contributed by atoms with Crippen molar-refractivity contribution in [1.29, 1.82) is 0 Å². The summed E-state index contributed by atoms with van der Waals surface area (Å²) in [6.45, 7) is 0. The van der Waals surface area contributed by atoms with Crippen LogP contribution < -0.4 is 0 Å². The van der Waals surface area contributed by atoms with Gasteiger partial charge in [-0.1, -0.05) is 0 Å². The zero-order valence-electron chi connectivity index (χ0n) is 4.50. The Bertz CT molecular complexity index is 22.0. The number of rotatable bonds is 0. The SMILES string of the molecule is OP(O)O.[AlH3].[Ca+2].[H-].[H-]. The maximum Gasteiger partial charge on any atom is 2.00 e. The minimum atomic E-state index is -2.62. The molecular weight excluding hydrogens is 146 g/mol. The number of hydrogen-bond acceptors (Lipinski definition) is 3. The van der Waals surface area contributed by atoms with Gasteiger partial charge in [0.2, 0.25) is 0 Å². The van der Waals surface area contributed by atoms with Gasteiger partial charge in [-0.2, -0.15) is 0 Å². The molecule has 6 heavy (non-hydrogen) atoms. The van der Waals surface area contributed by atoms with Crippen LogP contribution in [0.15, 0.2) is 0 Å². The van der Waals surface area contributed by atoms with E-state index in [2.05, 4.69) is 0 Å². The summed E-state index contributed by atoms with van der Waals surface area (Å²) in [6, 6.07) is 0. The molecule has 0 saturated carbocycles. The molecule has 36 valence electrons. The standard InChI is InChI=1S/Al.Ca.H3O3P.5H/c;;1-4(2)3;;;;;/h;;1-3H;;;;;/q;+2;;;;;2*-1. The topological polar surface area (TPSA) is 60.7 Å². The smallest absolute Gasteiger partial charge is 1.00 e. The van der Waals surface area contributed by atoms with E-state index < -0.39 is 8.60 Å². The average molecular weight is 154 g/mol. The van der Waals surface area contributed by atoms with Gasteiger partial charge in [0.25, 0.3) is 0 Å². The van der Waals surface area contributed by atoms with E-state index in [4.69, 9.17) is 14.7 Å². The Kier molecular flexibility index (Phi) is 26.6. The van der Waals surface area contributed by atoms with Crippen LogP contribution in [-0.2, 0) is 0 Å². The van der Waals surface area contributed by atoms with Crippen molar-refractivity contribution in [3.63, 3.8) is 0 Å². The molecule has 0 heterocycles. The second kappa shape index (κ2) is 10.2. The van der Waals surface area contributed by atoms with Crippen molar-refractivity contribution >= 4 is 63.7 Å².